The van der Waals surface area contributed by atoms with Crippen LogP contribution in [0.2, 0.25) is 0 Å². The van der Waals surface area contributed by atoms with E-state index in [2.05, 4.69) is 10.3 Å². The van der Waals surface area contributed by atoms with E-state index < -0.39 is 0 Å². The maximum Gasteiger partial charge on any atom is 0.289 e. The lowest BCUT2D eigenvalue weighted by atomic mass is 10.2. The van der Waals surface area contributed by atoms with Crippen molar-refractivity contribution >= 4 is 5.91 Å². The highest BCUT2D eigenvalue weighted by atomic mass is 16.4. The number of carbonyl (C=O) groups is 1. The number of fused-ring (bicyclic) bond motifs is 1. The van der Waals surface area contributed by atoms with Gasteiger partial charge in [0.2, 0.25) is 5.76 Å². The molecule has 0 spiro atoms. The van der Waals surface area contributed by atoms with Crippen LogP contribution in [0.15, 0.2) is 4.42 Å². The van der Waals surface area contributed by atoms with Gasteiger partial charge in [0.05, 0.1) is 5.69 Å². The third-order valence-electron chi connectivity index (χ3n) is 1.66. The third kappa shape index (κ3) is 0.906. The van der Waals surface area contributed by atoms with Gasteiger partial charge < -0.3 is 9.73 Å². The van der Waals surface area contributed by atoms with Crippen molar-refractivity contribution in [2.24, 2.45) is 0 Å². The van der Waals surface area contributed by atoms with Crippen LogP contribution in [0.4, 0.5) is 0 Å². The maximum absolute atomic E-state index is 11.1. The summed E-state index contributed by atoms with van der Waals surface area (Å²) < 4.78 is 5.10. The average Bonchev–Trinajstić information content (AvgIpc) is 2.31. The smallest absolute Gasteiger partial charge is 0.289 e. The van der Waals surface area contributed by atoms with Crippen LogP contribution in [0.25, 0.3) is 0 Å². The molecule has 4 heteroatoms. The fourth-order valence-electron chi connectivity index (χ4n) is 1.19. The molecule has 0 saturated carbocycles. The molecule has 0 fully saturated rings. The van der Waals surface area contributed by atoms with Crippen molar-refractivity contribution in [3.8, 4) is 0 Å². The van der Waals surface area contributed by atoms with Crippen molar-refractivity contribution in [1.82, 2.24) is 10.3 Å². The molecule has 1 N–H and O–H groups in total. The highest BCUT2D eigenvalue weighted by Crippen LogP contribution is 2.13. The Bertz CT molecular complexity index is 303. The van der Waals surface area contributed by atoms with Gasteiger partial charge in [-0.05, 0) is 0 Å². The first-order chi connectivity index (χ1) is 5.27. The number of aromatic nitrogens is 1. The van der Waals surface area contributed by atoms with Crippen molar-refractivity contribution in [3.05, 3.63) is 17.3 Å². The van der Waals surface area contributed by atoms with Crippen LogP contribution >= 0.6 is 0 Å². The fourth-order valence-corrected chi connectivity index (χ4v) is 1.19. The van der Waals surface area contributed by atoms with Gasteiger partial charge in [-0.1, -0.05) is 0 Å². The lowest BCUT2D eigenvalue weighted by Gasteiger charge is -2.07. The predicted molar refractivity (Wildman–Crippen MR) is 37.3 cm³/mol. The van der Waals surface area contributed by atoms with Crippen LogP contribution in [0, 0.1) is 6.92 Å². The molecule has 0 bridgehead atoms. The van der Waals surface area contributed by atoms with Crippen LogP contribution in [-0.4, -0.2) is 17.4 Å². The molecule has 1 amide bonds. The van der Waals surface area contributed by atoms with E-state index in [0.717, 1.165) is 12.1 Å². The number of amides is 1. The standard InChI is InChI=1S/C7H8N2O2/c1-4-9-5-2-3-8-7(10)6(5)11-4/h2-3H2,1H3,(H,8,10). The average molecular weight is 152 g/mol. The number of nitrogens with one attached hydrogen (secondary N) is 1. The Balaban J connectivity index is 2.52. The number of aryl methyl sites for hydroxylation is 1. The summed E-state index contributed by atoms with van der Waals surface area (Å²) >= 11 is 0. The lowest BCUT2D eigenvalue weighted by Crippen LogP contribution is -2.31. The van der Waals surface area contributed by atoms with Gasteiger partial charge in [-0.25, -0.2) is 4.98 Å². The minimum absolute atomic E-state index is 0.146. The summed E-state index contributed by atoms with van der Waals surface area (Å²) in [6.07, 6.45) is 0.776. The molecular weight excluding hydrogens is 144 g/mol. The Morgan fingerprint density at radius 2 is 2.45 bits per heavy atom. The zero-order chi connectivity index (χ0) is 7.84. The Kier molecular flexibility index (Phi) is 1.21. The molecule has 0 aromatic carbocycles. The van der Waals surface area contributed by atoms with Gasteiger partial charge in [0.25, 0.3) is 5.91 Å². The molecule has 1 aromatic heterocycles. The monoisotopic (exact) mass is 152 g/mol. The van der Waals surface area contributed by atoms with E-state index >= 15 is 0 Å². The minimum Gasteiger partial charge on any atom is -0.436 e. The molecule has 58 valence electrons. The first-order valence-corrected chi connectivity index (χ1v) is 3.52. The zero-order valence-corrected chi connectivity index (χ0v) is 6.18. The highest BCUT2D eigenvalue weighted by Gasteiger charge is 2.22. The molecule has 0 unspecified atom stereocenters. The second kappa shape index (κ2) is 2.08. The number of nitrogens with zero attached hydrogens (tertiary/aromatic N) is 1. The van der Waals surface area contributed by atoms with E-state index in [-0.39, 0.29) is 5.91 Å². The first-order valence-electron chi connectivity index (χ1n) is 3.52. The Morgan fingerprint density at radius 3 is 3.18 bits per heavy atom. The summed E-state index contributed by atoms with van der Waals surface area (Å²) in [5.74, 6) is 0.799. The van der Waals surface area contributed by atoms with Crippen LogP contribution in [0.5, 0.6) is 0 Å². The molecule has 4 nitrogen and oxygen atoms in total. The van der Waals surface area contributed by atoms with Crippen LogP contribution in [0.3, 0.4) is 0 Å². The number of carbonyl (C=O) groups excluding carboxylic acids is 1. The SMILES string of the molecule is Cc1nc2c(o1)C(=O)NCC2. The number of hydrogen-bond donors (Lipinski definition) is 1. The predicted octanol–water partition coefficient (Wildman–Crippen LogP) is 0.269. The van der Waals surface area contributed by atoms with Crippen LogP contribution in [-0.2, 0) is 6.42 Å². The third-order valence-corrected chi connectivity index (χ3v) is 1.66. The minimum atomic E-state index is -0.146. The summed E-state index contributed by atoms with van der Waals surface area (Å²) in [5.41, 5.74) is 0.784. The van der Waals surface area contributed by atoms with E-state index in [1.165, 1.54) is 0 Å². The van der Waals surface area contributed by atoms with Gasteiger partial charge in [-0.2, -0.15) is 0 Å². The quantitative estimate of drug-likeness (QED) is 0.580. The van der Waals surface area contributed by atoms with Crippen molar-refractivity contribution in [3.63, 3.8) is 0 Å². The molecule has 0 saturated heterocycles. The van der Waals surface area contributed by atoms with Gasteiger partial charge in [-0.3, -0.25) is 4.79 Å². The highest BCUT2D eigenvalue weighted by molar-refractivity contribution is 5.93. The van der Waals surface area contributed by atoms with Crippen molar-refractivity contribution < 1.29 is 9.21 Å². The van der Waals surface area contributed by atoms with Crippen LogP contribution < -0.4 is 5.32 Å². The largest absolute Gasteiger partial charge is 0.436 e. The summed E-state index contributed by atoms with van der Waals surface area (Å²) in [6, 6.07) is 0. The molecule has 2 heterocycles. The van der Waals surface area contributed by atoms with Gasteiger partial charge in [-0.15, -0.1) is 0 Å². The maximum atomic E-state index is 11.1. The topological polar surface area (TPSA) is 55.1 Å². The molecule has 1 aliphatic rings. The van der Waals surface area contributed by atoms with Crippen molar-refractivity contribution in [1.29, 1.82) is 0 Å². The number of rotatable bonds is 0. The van der Waals surface area contributed by atoms with Gasteiger partial charge >= 0.3 is 0 Å². The van der Waals surface area contributed by atoms with E-state index in [4.69, 9.17) is 4.42 Å². The second-order valence-corrected chi connectivity index (χ2v) is 2.51. The van der Waals surface area contributed by atoms with E-state index in [9.17, 15) is 4.79 Å². The Hall–Kier alpha value is -1.32. The van der Waals surface area contributed by atoms with E-state index in [1.807, 2.05) is 0 Å². The Morgan fingerprint density at radius 1 is 1.64 bits per heavy atom. The van der Waals surface area contributed by atoms with Crippen molar-refractivity contribution in [2.75, 3.05) is 6.54 Å². The summed E-state index contributed by atoms with van der Waals surface area (Å²) in [6.45, 7) is 2.41. The lowest BCUT2D eigenvalue weighted by molar-refractivity contribution is 0.0915. The van der Waals surface area contributed by atoms with E-state index in [1.54, 1.807) is 6.92 Å². The second-order valence-electron chi connectivity index (χ2n) is 2.51. The van der Waals surface area contributed by atoms with Gasteiger partial charge in [0.15, 0.2) is 5.89 Å². The molecule has 2 rings (SSSR count). The Labute approximate surface area is 63.6 Å². The molecule has 1 aromatic rings. The first kappa shape index (κ1) is 6.39. The molecule has 0 atom stereocenters. The molecule has 1 aliphatic heterocycles. The van der Waals surface area contributed by atoms with Crippen LogP contribution in [0.1, 0.15) is 22.1 Å². The normalized spacial score (nSPS) is 15.9. The number of hydrogen-bond acceptors (Lipinski definition) is 3. The van der Waals surface area contributed by atoms with Crippen molar-refractivity contribution in [2.45, 2.75) is 13.3 Å². The molecule has 0 radical (unpaired) electrons. The van der Waals surface area contributed by atoms with Gasteiger partial charge in [0.1, 0.15) is 0 Å². The molecule has 0 aliphatic carbocycles. The van der Waals surface area contributed by atoms with Gasteiger partial charge in [0, 0.05) is 19.9 Å². The summed E-state index contributed by atoms with van der Waals surface area (Å²) in [4.78, 5) is 15.1. The summed E-state index contributed by atoms with van der Waals surface area (Å²) in [5, 5.41) is 2.68. The van der Waals surface area contributed by atoms with E-state index in [0.29, 0.717) is 18.2 Å². The number of oxazole rings is 1. The fraction of sp³-hybridized carbons (Fsp3) is 0.429. The zero-order valence-electron chi connectivity index (χ0n) is 6.18. The molecular formula is C7H8N2O2. The molecule has 11 heavy (non-hydrogen) atoms. The summed E-state index contributed by atoms with van der Waals surface area (Å²) in [7, 11) is 0.